The summed E-state index contributed by atoms with van der Waals surface area (Å²) in [5, 5.41) is 8.43. The average molecular weight is 251 g/mol. The monoisotopic (exact) mass is 251 g/mol. The molecular weight excluding hydrogens is 239 g/mol. The van der Waals surface area contributed by atoms with Gasteiger partial charge in [-0.25, -0.2) is 4.98 Å². The predicted octanol–water partition coefficient (Wildman–Crippen LogP) is 2.83. The van der Waals surface area contributed by atoms with Crippen molar-refractivity contribution in [1.82, 2.24) is 4.98 Å². The molecule has 0 aliphatic rings. The third-order valence-electron chi connectivity index (χ3n) is 2.04. The van der Waals surface area contributed by atoms with Gasteiger partial charge in [0.25, 0.3) is 0 Å². The van der Waals surface area contributed by atoms with Gasteiger partial charge in [0.2, 0.25) is 0 Å². The van der Waals surface area contributed by atoms with Crippen LogP contribution < -0.4 is 0 Å². The van der Waals surface area contributed by atoms with E-state index in [4.69, 9.17) is 9.52 Å². The normalized spacial score (nSPS) is 12.1. The van der Waals surface area contributed by atoms with Crippen molar-refractivity contribution in [2.75, 3.05) is 0 Å². The van der Waals surface area contributed by atoms with E-state index in [-0.39, 0.29) is 24.5 Å². The second-order valence-corrected chi connectivity index (χ2v) is 3.87. The maximum absolute atomic E-state index is 12.6. The summed E-state index contributed by atoms with van der Waals surface area (Å²) < 4.78 is 42.7. The van der Waals surface area contributed by atoms with Gasteiger partial charge >= 0.3 is 12.1 Å². The molecule has 0 aliphatic heterocycles. The molecule has 1 aromatic rings. The molecule has 0 atom stereocenters. The molecule has 0 spiro atoms. The van der Waals surface area contributed by atoms with Gasteiger partial charge in [0.15, 0.2) is 11.6 Å². The standard InChI is InChI=1S/C10H12F3NO3/c1-5(2)8-9(10(11,12)13)14-6(17-8)3-4-7(15)16/h5H,3-4H2,1-2H3,(H,15,16). The van der Waals surface area contributed by atoms with E-state index in [9.17, 15) is 18.0 Å². The van der Waals surface area contributed by atoms with Crippen molar-refractivity contribution in [2.24, 2.45) is 0 Å². The number of aromatic nitrogens is 1. The van der Waals surface area contributed by atoms with Crippen molar-refractivity contribution in [1.29, 1.82) is 0 Å². The van der Waals surface area contributed by atoms with Crippen LogP contribution in [-0.2, 0) is 17.4 Å². The molecule has 0 aliphatic carbocycles. The molecule has 96 valence electrons. The number of carboxylic acid groups (broad SMARTS) is 1. The van der Waals surface area contributed by atoms with E-state index in [1.165, 1.54) is 0 Å². The smallest absolute Gasteiger partial charge is 0.436 e. The van der Waals surface area contributed by atoms with Crippen molar-refractivity contribution in [3.63, 3.8) is 0 Å². The average Bonchev–Trinajstić information content (AvgIpc) is 2.57. The fraction of sp³-hybridized carbons (Fsp3) is 0.600. The fourth-order valence-electron chi connectivity index (χ4n) is 1.29. The first-order chi connectivity index (χ1) is 7.71. The highest BCUT2D eigenvalue weighted by Gasteiger charge is 2.39. The van der Waals surface area contributed by atoms with Crippen molar-refractivity contribution in [2.45, 2.75) is 38.8 Å². The highest BCUT2D eigenvalue weighted by atomic mass is 19.4. The maximum atomic E-state index is 12.6. The first kappa shape index (κ1) is 13.5. The number of oxazole rings is 1. The lowest BCUT2D eigenvalue weighted by molar-refractivity contribution is -0.142. The van der Waals surface area contributed by atoms with Gasteiger partial charge in [-0.15, -0.1) is 0 Å². The summed E-state index contributed by atoms with van der Waals surface area (Å²) in [5.41, 5.74) is -1.06. The molecule has 0 unspecified atom stereocenters. The van der Waals surface area contributed by atoms with Crippen LogP contribution in [0.4, 0.5) is 13.2 Å². The number of hydrogen-bond donors (Lipinski definition) is 1. The van der Waals surface area contributed by atoms with E-state index in [1.54, 1.807) is 13.8 Å². The fourth-order valence-corrected chi connectivity index (χ4v) is 1.29. The highest BCUT2D eigenvalue weighted by molar-refractivity contribution is 5.66. The molecule has 0 bridgehead atoms. The number of aliphatic carboxylic acids is 1. The van der Waals surface area contributed by atoms with Gasteiger partial charge in [-0.3, -0.25) is 4.79 Å². The van der Waals surface area contributed by atoms with Crippen LogP contribution in [0.15, 0.2) is 4.42 Å². The summed E-state index contributed by atoms with van der Waals surface area (Å²) in [5.74, 6) is -2.01. The Morgan fingerprint density at radius 3 is 2.41 bits per heavy atom. The van der Waals surface area contributed by atoms with Crippen LogP contribution in [-0.4, -0.2) is 16.1 Å². The van der Waals surface area contributed by atoms with Crippen molar-refractivity contribution in [3.8, 4) is 0 Å². The Morgan fingerprint density at radius 2 is 2.06 bits per heavy atom. The first-order valence-electron chi connectivity index (χ1n) is 5.00. The number of nitrogens with zero attached hydrogens (tertiary/aromatic N) is 1. The van der Waals surface area contributed by atoms with Crippen LogP contribution in [0.2, 0.25) is 0 Å². The first-order valence-corrected chi connectivity index (χ1v) is 5.00. The van der Waals surface area contributed by atoms with Gasteiger partial charge in [0.1, 0.15) is 5.76 Å². The molecule has 0 saturated heterocycles. The molecule has 7 heteroatoms. The lowest BCUT2D eigenvalue weighted by Gasteiger charge is -2.06. The van der Waals surface area contributed by atoms with Gasteiger partial charge in [-0.05, 0) is 0 Å². The topological polar surface area (TPSA) is 63.3 Å². The lowest BCUT2D eigenvalue weighted by Crippen LogP contribution is -2.09. The van der Waals surface area contributed by atoms with E-state index < -0.39 is 23.8 Å². The quantitative estimate of drug-likeness (QED) is 0.893. The van der Waals surface area contributed by atoms with Crippen LogP contribution in [0.1, 0.15) is 43.5 Å². The van der Waals surface area contributed by atoms with E-state index in [1.807, 2.05) is 0 Å². The van der Waals surface area contributed by atoms with Crippen LogP contribution >= 0.6 is 0 Å². The number of carbonyl (C=O) groups is 1. The van der Waals surface area contributed by atoms with Gasteiger partial charge in [-0.2, -0.15) is 13.2 Å². The van der Waals surface area contributed by atoms with Gasteiger partial charge in [-0.1, -0.05) is 13.8 Å². The lowest BCUT2D eigenvalue weighted by atomic mass is 10.1. The molecule has 1 aromatic heterocycles. The zero-order chi connectivity index (χ0) is 13.2. The zero-order valence-electron chi connectivity index (χ0n) is 9.34. The van der Waals surface area contributed by atoms with Gasteiger partial charge < -0.3 is 9.52 Å². The Hall–Kier alpha value is -1.53. The Kier molecular flexibility index (Phi) is 3.79. The summed E-state index contributed by atoms with van der Waals surface area (Å²) >= 11 is 0. The largest absolute Gasteiger partial charge is 0.481 e. The third-order valence-corrected chi connectivity index (χ3v) is 2.04. The Bertz CT molecular complexity index is 409. The second-order valence-electron chi connectivity index (χ2n) is 3.87. The molecule has 0 fully saturated rings. The van der Waals surface area contributed by atoms with Gasteiger partial charge in [0.05, 0.1) is 6.42 Å². The Morgan fingerprint density at radius 1 is 1.47 bits per heavy atom. The van der Waals surface area contributed by atoms with E-state index >= 15 is 0 Å². The predicted molar refractivity (Wildman–Crippen MR) is 51.6 cm³/mol. The van der Waals surface area contributed by atoms with E-state index in [0.29, 0.717) is 0 Å². The molecule has 0 saturated carbocycles. The molecule has 1 N–H and O–H groups in total. The molecular formula is C10H12F3NO3. The van der Waals surface area contributed by atoms with E-state index in [0.717, 1.165) is 0 Å². The summed E-state index contributed by atoms with van der Waals surface area (Å²) in [7, 11) is 0. The van der Waals surface area contributed by atoms with Crippen LogP contribution in [0.5, 0.6) is 0 Å². The van der Waals surface area contributed by atoms with Crippen molar-refractivity contribution < 1.29 is 27.5 Å². The van der Waals surface area contributed by atoms with Crippen molar-refractivity contribution in [3.05, 3.63) is 17.3 Å². The molecule has 1 heterocycles. The highest BCUT2D eigenvalue weighted by Crippen LogP contribution is 2.35. The number of rotatable bonds is 4. The Balaban J connectivity index is 3.00. The van der Waals surface area contributed by atoms with Crippen LogP contribution in [0, 0.1) is 0 Å². The summed E-state index contributed by atoms with van der Waals surface area (Å²) in [4.78, 5) is 13.6. The summed E-state index contributed by atoms with van der Waals surface area (Å²) in [6, 6.07) is 0. The number of aryl methyl sites for hydroxylation is 1. The summed E-state index contributed by atoms with van der Waals surface area (Å²) in [6.07, 6.45) is -5.04. The third kappa shape index (κ3) is 3.47. The molecule has 0 radical (unpaired) electrons. The number of alkyl halides is 3. The van der Waals surface area contributed by atoms with Crippen LogP contribution in [0.25, 0.3) is 0 Å². The minimum Gasteiger partial charge on any atom is -0.481 e. The van der Waals surface area contributed by atoms with Gasteiger partial charge in [0, 0.05) is 12.3 Å². The van der Waals surface area contributed by atoms with Crippen LogP contribution in [0.3, 0.4) is 0 Å². The second kappa shape index (κ2) is 4.77. The number of hydrogen-bond acceptors (Lipinski definition) is 3. The molecule has 0 amide bonds. The number of halogens is 3. The summed E-state index contributed by atoms with van der Waals surface area (Å²) in [6.45, 7) is 3.10. The SMILES string of the molecule is CC(C)c1oc(CCC(=O)O)nc1C(F)(F)F. The zero-order valence-corrected chi connectivity index (χ0v) is 9.34. The van der Waals surface area contributed by atoms with Crippen molar-refractivity contribution >= 4 is 5.97 Å². The Labute approximate surface area is 95.5 Å². The number of carboxylic acids is 1. The molecule has 1 rings (SSSR count). The molecule has 17 heavy (non-hydrogen) atoms. The molecule has 4 nitrogen and oxygen atoms in total. The minimum absolute atomic E-state index is 0.148. The maximum Gasteiger partial charge on any atom is 0.436 e. The van der Waals surface area contributed by atoms with E-state index in [2.05, 4.69) is 4.98 Å². The molecule has 0 aromatic carbocycles. The minimum atomic E-state index is -4.58.